The van der Waals surface area contributed by atoms with E-state index < -0.39 is 5.97 Å². The molecule has 1 aliphatic carbocycles. The van der Waals surface area contributed by atoms with Gasteiger partial charge in [-0.2, -0.15) is 0 Å². The summed E-state index contributed by atoms with van der Waals surface area (Å²) in [5, 5.41) is 13.6. The summed E-state index contributed by atoms with van der Waals surface area (Å²) in [6, 6.07) is 9.76. The highest BCUT2D eigenvalue weighted by Gasteiger charge is 2.29. The maximum Gasteiger partial charge on any atom is 0.306 e. The number of hydrogen-bond acceptors (Lipinski definition) is 6. The van der Waals surface area contributed by atoms with Crippen molar-refractivity contribution in [3.05, 3.63) is 53.3 Å². The lowest BCUT2D eigenvalue weighted by molar-refractivity contribution is -0.142. The van der Waals surface area contributed by atoms with Crippen molar-refractivity contribution in [2.45, 2.75) is 38.5 Å². The van der Waals surface area contributed by atoms with Gasteiger partial charge in [-0.25, -0.2) is 15.0 Å². The number of carboxylic acid groups (broad SMARTS) is 1. The molecule has 1 saturated carbocycles. The Kier molecular flexibility index (Phi) is 5.34. The molecule has 0 aromatic carbocycles. The highest BCUT2D eigenvalue weighted by molar-refractivity contribution is 7.15. The smallest absolute Gasteiger partial charge is 0.306 e. The van der Waals surface area contributed by atoms with Crippen molar-refractivity contribution in [1.82, 2.24) is 15.0 Å². The molecule has 6 nitrogen and oxygen atoms in total. The first-order chi connectivity index (χ1) is 13.6. The maximum absolute atomic E-state index is 11.3. The number of carbonyl (C=O) groups is 1. The van der Waals surface area contributed by atoms with Crippen LogP contribution in [0.1, 0.15) is 42.2 Å². The molecule has 3 heterocycles. The second-order valence-electron chi connectivity index (χ2n) is 7.21. The summed E-state index contributed by atoms with van der Waals surface area (Å²) in [5.74, 6) is 0.780. The van der Waals surface area contributed by atoms with Gasteiger partial charge in [0, 0.05) is 18.3 Å². The number of aliphatic carboxylic acids is 1. The van der Waals surface area contributed by atoms with E-state index in [9.17, 15) is 9.90 Å². The Morgan fingerprint density at radius 1 is 1.21 bits per heavy atom. The van der Waals surface area contributed by atoms with Gasteiger partial charge in [-0.05, 0) is 56.0 Å². The minimum atomic E-state index is -0.688. The zero-order valence-corrected chi connectivity index (χ0v) is 16.4. The van der Waals surface area contributed by atoms with Crippen LogP contribution in [0.5, 0.6) is 0 Å². The first-order valence-electron chi connectivity index (χ1n) is 9.44. The first-order valence-corrected chi connectivity index (χ1v) is 10.3. The Hall–Kier alpha value is -2.80. The minimum Gasteiger partial charge on any atom is -0.481 e. The summed E-state index contributed by atoms with van der Waals surface area (Å²) < 4.78 is 0. The third-order valence-corrected chi connectivity index (χ3v) is 6.25. The van der Waals surface area contributed by atoms with Crippen LogP contribution in [-0.4, -0.2) is 26.0 Å². The van der Waals surface area contributed by atoms with E-state index in [1.165, 1.54) is 0 Å². The Labute approximate surface area is 167 Å². The second kappa shape index (κ2) is 8.06. The van der Waals surface area contributed by atoms with Gasteiger partial charge < -0.3 is 10.4 Å². The van der Waals surface area contributed by atoms with Crippen LogP contribution in [0.15, 0.2) is 42.7 Å². The number of anilines is 2. The molecule has 3 aromatic rings. The van der Waals surface area contributed by atoms with Crippen molar-refractivity contribution in [2.75, 3.05) is 5.32 Å². The van der Waals surface area contributed by atoms with Crippen LogP contribution in [0.4, 0.5) is 11.6 Å². The monoisotopic (exact) mass is 394 g/mol. The van der Waals surface area contributed by atoms with Crippen LogP contribution in [0.3, 0.4) is 0 Å². The van der Waals surface area contributed by atoms with Crippen LogP contribution in [0.25, 0.3) is 10.6 Å². The molecule has 144 valence electrons. The second-order valence-corrected chi connectivity index (χ2v) is 8.28. The van der Waals surface area contributed by atoms with Gasteiger partial charge in [-0.3, -0.25) is 4.79 Å². The molecular weight excluding hydrogens is 372 g/mol. The van der Waals surface area contributed by atoms with E-state index in [0.29, 0.717) is 6.42 Å². The number of aromatic nitrogens is 3. The van der Waals surface area contributed by atoms with E-state index in [1.807, 2.05) is 43.5 Å². The SMILES string of the molecule is Cc1ccnc(Nc2cccc(-c3cnc(C4CCCC(C(=O)O)C4)s3)n2)c1. The number of nitrogens with zero attached hydrogens (tertiary/aromatic N) is 3. The molecule has 0 amide bonds. The average Bonchev–Trinajstić information content (AvgIpc) is 3.19. The molecule has 7 heteroatoms. The van der Waals surface area contributed by atoms with Crippen LogP contribution < -0.4 is 5.32 Å². The minimum absolute atomic E-state index is 0.228. The summed E-state index contributed by atoms with van der Waals surface area (Å²) in [6.45, 7) is 2.02. The van der Waals surface area contributed by atoms with Crippen LogP contribution in [-0.2, 0) is 4.79 Å². The van der Waals surface area contributed by atoms with E-state index in [1.54, 1.807) is 17.5 Å². The molecule has 0 aliphatic heterocycles. The summed E-state index contributed by atoms with van der Waals surface area (Å²) in [6.07, 6.45) is 7.01. The normalized spacial score (nSPS) is 19.3. The Bertz CT molecular complexity index is 988. The summed E-state index contributed by atoms with van der Waals surface area (Å²) in [7, 11) is 0. The number of thiazole rings is 1. The quantitative estimate of drug-likeness (QED) is 0.632. The van der Waals surface area contributed by atoms with Crippen molar-refractivity contribution < 1.29 is 9.90 Å². The summed E-state index contributed by atoms with van der Waals surface area (Å²) >= 11 is 1.61. The van der Waals surface area contributed by atoms with E-state index in [4.69, 9.17) is 4.98 Å². The Morgan fingerprint density at radius 2 is 2.11 bits per heavy atom. The maximum atomic E-state index is 11.3. The molecule has 28 heavy (non-hydrogen) atoms. The number of hydrogen-bond donors (Lipinski definition) is 2. The molecule has 3 aromatic heterocycles. The molecular formula is C21H22N4O2S. The zero-order valence-electron chi connectivity index (χ0n) is 15.6. The predicted octanol–water partition coefficient (Wildman–Crippen LogP) is 5.01. The third kappa shape index (κ3) is 4.20. The lowest BCUT2D eigenvalue weighted by Crippen LogP contribution is -2.21. The van der Waals surface area contributed by atoms with Crippen molar-refractivity contribution in [2.24, 2.45) is 5.92 Å². The molecule has 0 bridgehead atoms. The molecule has 0 saturated heterocycles. The fourth-order valence-electron chi connectivity index (χ4n) is 3.61. The van der Waals surface area contributed by atoms with Crippen molar-refractivity contribution in [1.29, 1.82) is 0 Å². The van der Waals surface area contributed by atoms with Gasteiger partial charge in [0.2, 0.25) is 0 Å². The Balaban J connectivity index is 1.51. The molecule has 4 rings (SSSR count). The third-order valence-electron chi connectivity index (χ3n) is 5.07. The largest absolute Gasteiger partial charge is 0.481 e. The van der Waals surface area contributed by atoms with Crippen LogP contribution >= 0.6 is 11.3 Å². The van der Waals surface area contributed by atoms with Gasteiger partial charge >= 0.3 is 5.97 Å². The molecule has 0 spiro atoms. The highest BCUT2D eigenvalue weighted by atomic mass is 32.1. The fourth-order valence-corrected chi connectivity index (χ4v) is 4.65. The molecule has 1 aliphatic rings. The van der Waals surface area contributed by atoms with Gasteiger partial charge in [-0.15, -0.1) is 11.3 Å². The lowest BCUT2D eigenvalue weighted by atomic mass is 9.82. The number of carboxylic acids is 1. The molecule has 2 unspecified atom stereocenters. The van der Waals surface area contributed by atoms with E-state index >= 15 is 0 Å². The lowest BCUT2D eigenvalue weighted by Gasteiger charge is -2.24. The fraction of sp³-hybridized carbons (Fsp3) is 0.333. The standard InChI is InChI=1S/C21H22N4O2S/c1-13-8-9-22-19(10-13)25-18-7-3-6-16(24-18)17-12-23-20(28-17)14-4-2-5-15(11-14)21(26)27/h3,6-10,12,14-15H,2,4-5,11H2,1H3,(H,26,27)(H,22,24,25). The van der Waals surface area contributed by atoms with Crippen LogP contribution in [0, 0.1) is 12.8 Å². The van der Waals surface area contributed by atoms with E-state index in [2.05, 4.69) is 15.3 Å². The number of aryl methyl sites for hydroxylation is 1. The Morgan fingerprint density at radius 3 is 2.93 bits per heavy atom. The van der Waals surface area contributed by atoms with E-state index in [-0.39, 0.29) is 11.8 Å². The zero-order chi connectivity index (χ0) is 19.5. The summed E-state index contributed by atoms with van der Waals surface area (Å²) in [5.41, 5.74) is 1.99. The van der Waals surface area contributed by atoms with Crippen molar-refractivity contribution in [3.8, 4) is 10.6 Å². The van der Waals surface area contributed by atoms with Gasteiger partial charge in [0.05, 0.1) is 21.5 Å². The van der Waals surface area contributed by atoms with Gasteiger partial charge in [0.1, 0.15) is 11.6 Å². The van der Waals surface area contributed by atoms with E-state index in [0.717, 1.165) is 52.0 Å². The average molecular weight is 395 g/mol. The molecule has 1 fully saturated rings. The van der Waals surface area contributed by atoms with Gasteiger partial charge in [-0.1, -0.05) is 12.5 Å². The topological polar surface area (TPSA) is 88.0 Å². The molecule has 2 atom stereocenters. The highest BCUT2D eigenvalue weighted by Crippen LogP contribution is 2.39. The van der Waals surface area contributed by atoms with Gasteiger partial charge in [0.15, 0.2) is 0 Å². The number of pyridine rings is 2. The van der Waals surface area contributed by atoms with Gasteiger partial charge in [0.25, 0.3) is 0 Å². The summed E-state index contributed by atoms with van der Waals surface area (Å²) in [4.78, 5) is 25.9. The van der Waals surface area contributed by atoms with Crippen molar-refractivity contribution in [3.63, 3.8) is 0 Å². The predicted molar refractivity (Wildman–Crippen MR) is 110 cm³/mol. The number of nitrogens with one attached hydrogen (secondary N) is 1. The van der Waals surface area contributed by atoms with Crippen LogP contribution in [0.2, 0.25) is 0 Å². The van der Waals surface area contributed by atoms with Crippen molar-refractivity contribution >= 4 is 28.9 Å². The molecule has 2 N–H and O–H groups in total. The number of rotatable bonds is 5. The molecule has 0 radical (unpaired) electrons. The first kappa shape index (κ1) is 18.6.